The lowest BCUT2D eigenvalue weighted by Crippen LogP contribution is -2.33. The highest BCUT2D eigenvalue weighted by atomic mass is 32.2. The van der Waals surface area contributed by atoms with Crippen molar-refractivity contribution < 1.29 is 5.11 Å². The van der Waals surface area contributed by atoms with E-state index in [1.807, 2.05) is 22.9 Å². The summed E-state index contributed by atoms with van der Waals surface area (Å²) in [4.78, 5) is 5.09. The molecule has 0 spiro atoms. The van der Waals surface area contributed by atoms with E-state index in [4.69, 9.17) is 5.26 Å². The van der Waals surface area contributed by atoms with Gasteiger partial charge in [-0.25, -0.2) is 4.98 Å². The molecule has 0 radical (unpaired) electrons. The SMILES string of the molecule is C=CC[C@@]1(Cn2ccnc2)Sc2ccc(C#N)cc2[C@@H]1O. The van der Waals surface area contributed by atoms with Crippen molar-refractivity contribution in [2.45, 2.75) is 28.7 Å². The molecule has 1 aliphatic rings. The van der Waals surface area contributed by atoms with E-state index >= 15 is 0 Å². The van der Waals surface area contributed by atoms with Crippen LogP contribution in [-0.2, 0) is 6.54 Å². The third-order valence-electron chi connectivity index (χ3n) is 3.74. The minimum Gasteiger partial charge on any atom is -0.387 e. The van der Waals surface area contributed by atoms with Crippen molar-refractivity contribution in [2.24, 2.45) is 0 Å². The highest BCUT2D eigenvalue weighted by Gasteiger charge is 2.46. The molecular formula is C16H15N3OS. The number of imidazole rings is 1. The lowest BCUT2D eigenvalue weighted by molar-refractivity contribution is 0.123. The van der Waals surface area contributed by atoms with Crippen LogP contribution in [0.15, 0.2) is 54.5 Å². The first kappa shape index (κ1) is 13.9. The summed E-state index contributed by atoms with van der Waals surface area (Å²) < 4.78 is 1.57. The first-order valence-corrected chi connectivity index (χ1v) is 7.48. The van der Waals surface area contributed by atoms with Crippen LogP contribution in [0, 0.1) is 11.3 Å². The van der Waals surface area contributed by atoms with Crippen LogP contribution in [0.3, 0.4) is 0 Å². The van der Waals surface area contributed by atoms with E-state index in [9.17, 15) is 5.11 Å². The Bertz CT molecular complexity index is 705. The van der Waals surface area contributed by atoms with Gasteiger partial charge in [0.1, 0.15) is 0 Å². The Kier molecular flexibility index (Phi) is 3.58. The maximum Gasteiger partial charge on any atom is 0.0991 e. The van der Waals surface area contributed by atoms with E-state index in [0.29, 0.717) is 18.5 Å². The molecule has 2 atom stereocenters. The Morgan fingerprint density at radius 2 is 2.43 bits per heavy atom. The number of nitriles is 1. The molecule has 21 heavy (non-hydrogen) atoms. The van der Waals surface area contributed by atoms with E-state index in [-0.39, 0.29) is 0 Å². The van der Waals surface area contributed by atoms with Crippen molar-refractivity contribution in [1.29, 1.82) is 5.26 Å². The second kappa shape index (κ2) is 5.40. The van der Waals surface area contributed by atoms with Gasteiger partial charge in [-0.05, 0) is 30.2 Å². The zero-order chi connectivity index (χ0) is 14.9. The minimum absolute atomic E-state index is 0.404. The maximum atomic E-state index is 10.8. The van der Waals surface area contributed by atoms with Gasteiger partial charge in [0.2, 0.25) is 0 Å². The molecule has 0 unspecified atom stereocenters. The Labute approximate surface area is 127 Å². The largest absolute Gasteiger partial charge is 0.387 e. The number of aromatic nitrogens is 2. The second-order valence-corrected chi connectivity index (χ2v) is 6.62. The van der Waals surface area contributed by atoms with Crippen molar-refractivity contribution in [2.75, 3.05) is 0 Å². The topological polar surface area (TPSA) is 61.8 Å². The number of hydrogen-bond donors (Lipinski definition) is 1. The molecule has 5 heteroatoms. The molecule has 1 N–H and O–H groups in total. The van der Waals surface area contributed by atoms with Gasteiger partial charge in [-0.15, -0.1) is 18.3 Å². The summed E-state index contributed by atoms with van der Waals surface area (Å²) in [7, 11) is 0. The van der Waals surface area contributed by atoms with Gasteiger partial charge in [-0.1, -0.05) is 6.08 Å². The molecule has 0 fully saturated rings. The van der Waals surface area contributed by atoms with Crippen molar-refractivity contribution >= 4 is 11.8 Å². The summed E-state index contributed by atoms with van der Waals surface area (Å²) >= 11 is 1.65. The number of benzene rings is 1. The summed E-state index contributed by atoms with van der Waals surface area (Å²) in [6, 6.07) is 7.62. The Morgan fingerprint density at radius 1 is 1.57 bits per heavy atom. The standard InChI is InChI=1S/C16H15N3OS/c1-2-5-16(10-19-7-6-18-11-19)15(20)13-8-12(9-17)3-4-14(13)21-16/h2-4,6-8,11,15,20H,1,5,10H2/t15-,16-/m0/s1. The Hall–Kier alpha value is -2.03. The van der Waals surface area contributed by atoms with Crippen LogP contribution >= 0.6 is 11.8 Å². The molecule has 2 heterocycles. The molecule has 0 bridgehead atoms. The van der Waals surface area contributed by atoms with Gasteiger partial charge in [0.05, 0.1) is 28.8 Å². The third-order valence-corrected chi connectivity index (χ3v) is 5.26. The van der Waals surface area contributed by atoms with Gasteiger partial charge in [0.25, 0.3) is 0 Å². The Balaban J connectivity index is 2.00. The van der Waals surface area contributed by atoms with E-state index < -0.39 is 10.9 Å². The zero-order valence-corrected chi connectivity index (χ0v) is 12.3. The van der Waals surface area contributed by atoms with Crippen molar-refractivity contribution in [3.05, 3.63) is 60.7 Å². The monoisotopic (exact) mass is 297 g/mol. The minimum atomic E-state index is -0.633. The summed E-state index contributed by atoms with van der Waals surface area (Å²) in [5.74, 6) is 0. The summed E-state index contributed by atoms with van der Waals surface area (Å²) in [6.07, 6.45) is 7.25. The van der Waals surface area contributed by atoms with E-state index in [1.165, 1.54) is 0 Å². The summed E-state index contributed by atoms with van der Waals surface area (Å²) in [5.41, 5.74) is 1.41. The predicted molar refractivity (Wildman–Crippen MR) is 81.7 cm³/mol. The number of hydrogen-bond acceptors (Lipinski definition) is 4. The van der Waals surface area contributed by atoms with Crippen LogP contribution in [0.4, 0.5) is 0 Å². The fourth-order valence-corrected chi connectivity index (χ4v) is 4.27. The molecule has 1 aliphatic heterocycles. The van der Waals surface area contributed by atoms with Gasteiger partial charge >= 0.3 is 0 Å². The van der Waals surface area contributed by atoms with Gasteiger partial charge in [-0.2, -0.15) is 5.26 Å². The average Bonchev–Trinajstić information content (AvgIpc) is 3.08. The zero-order valence-electron chi connectivity index (χ0n) is 11.4. The van der Waals surface area contributed by atoms with Gasteiger partial charge in [0.15, 0.2) is 0 Å². The fourth-order valence-electron chi connectivity index (χ4n) is 2.75. The number of aliphatic hydroxyl groups excluding tert-OH is 1. The van der Waals surface area contributed by atoms with Crippen LogP contribution < -0.4 is 0 Å². The summed E-state index contributed by atoms with van der Waals surface area (Å²) in [6.45, 7) is 4.47. The number of thioether (sulfide) groups is 1. The van der Waals surface area contributed by atoms with E-state index in [2.05, 4.69) is 17.6 Å². The van der Waals surface area contributed by atoms with Crippen LogP contribution in [0.1, 0.15) is 23.7 Å². The molecule has 0 saturated heterocycles. The number of allylic oxidation sites excluding steroid dienone is 1. The highest BCUT2D eigenvalue weighted by molar-refractivity contribution is 8.01. The molecular weight excluding hydrogens is 282 g/mol. The first-order chi connectivity index (χ1) is 10.2. The van der Waals surface area contributed by atoms with Crippen molar-refractivity contribution in [3.63, 3.8) is 0 Å². The molecule has 106 valence electrons. The molecule has 0 amide bonds. The first-order valence-electron chi connectivity index (χ1n) is 6.66. The van der Waals surface area contributed by atoms with Crippen molar-refractivity contribution in [3.8, 4) is 6.07 Å². The van der Waals surface area contributed by atoms with Crippen molar-refractivity contribution in [1.82, 2.24) is 9.55 Å². The van der Waals surface area contributed by atoms with Gasteiger partial charge in [-0.3, -0.25) is 0 Å². The molecule has 2 aromatic rings. The lowest BCUT2D eigenvalue weighted by Gasteiger charge is -2.31. The molecule has 1 aromatic heterocycles. The van der Waals surface area contributed by atoms with Crippen LogP contribution in [0.25, 0.3) is 0 Å². The third kappa shape index (κ3) is 2.37. The number of nitrogens with zero attached hydrogens (tertiary/aromatic N) is 3. The van der Waals surface area contributed by atoms with E-state index in [1.54, 1.807) is 36.4 Å². The maximum absolute atomic E-state index is 10.8. The predicted octanol–water partition coefficient (Wildman–Crippen LogP) is 2.91. The molecule has 4 nitrogen and oxygen atoms in total. The number of rotatable bonds is 4. The normalized spacial score (nSPS) is 23.5. The van der Waals surface area contributed by atoms with Gasteiger partial charge in [0, 0.05) is 23.8 Å². The number of aliphatic hydroxyl groups is 1. The molecule has 0 aliphatic carbocycles. The van der Waals surface area contributed by atoms with Crippen LogP contribution in [0.2, 0.25) is 0 Å². The number of fused-ring (bicyclic) bond motifs is 1. The second-order valence-electron chi connectivity index (χ2n) is 5.16. The lowest BCUT2D eigenvalue weighted by atomic mass is 9.91. The molecule has 3 rings (SSSR count). The van der Waals surface area contributed by atoms with Crippen LogP contribution in [0.5, 0.6) is 0 Å². The Morgan fingerprint density at radius 3 is 3.10 bits per heavy atom. The summed E-state index contributed by atoms with van der Waals surface area (Å²) in [5, 5.41) is 19.9. The highest BCUT2D eigenvalue weighted by Crippen LogP contribution is 2.55. The molecule has 0 saturated carbocycles. The average molecular weight is 297 g/mol. The smallest absolute Gasteiger partial charge is 0.0991 e. The molecule has 1 aromatic carbocycles. The van der Waals surface area contributed by atoms with Gasteiger partial charge < -0.3 is 9.67 Å². The van der Waals surface area contributed by atoms with Crippen LogP contribution in [-0.4, -0.2) is 19.4 Å². The van der Waals surface area contributed by atoms with E-state index in [0.717, 1.165) is 10.5 Å². The fraction of sp³-hybridized carbons (Fsp3) is 0.250. The quantitative estimate of drug-likeness (QED) is 0.881.